The van der Waals surface area contributed by atoms with Crippen LogP contribution in [0.1, 0.15) is 42.5 Å². The number of aryl methyl sites for hydroxylation is 2. The van der Waals surface area contributed by atoms with E-state index < -0.39 is 6.10 Å². The van der Waals surface area contributed by atoms with Crippen LogP contribution in [-0.2, 0) is 13.0 Å². The van der Waals surface area contributed by atoms with Crippen molar-refractivity contribution in [1.29, 1.82) is 0 Å². The van der Waals surface area contributed by atoms with E-state index in [0.29, 0.717) is 24.3 Å². The fourth-order valence-corrected chi connectivity index (χ4v) is 4.19. The molecule has 0 spiro atoms. The molecule has 7 nitrogen and oxygen atoms in total. The average molecular weight is 418 g/mol. The van der Waals surface area contributed by atoms with E-state index in [4.69, 9.17) is 15.6 Å². The van der Waals surface area contributed by atoms with Crippen LogP contribution in [0, 0.1) is 12.7 Å². The van der Waals surface area contributed by atoms with Crippen molar-refractivity contribution in [2.75, 3.05) is 5.73 Å². The molecular weight excluding hydrogens is 395 g/mol. The van der Waals surface area contributed by atoms with Crippen LogP contribution in [0.5, 0.6) is 5.75 Å². The van der Waals surface area contributed by atoms with Crippen molar-refractivity contribution in [1.82, 2.24) is 24.5 Å². The van der Waals surface area contributed by atoms with Gasteiger partial charge in [0.25, 0.3) is 0 Å². The van der Waals surface area contributed by atoms with Crippen molar-refractivity contribution in [3.63, 3.8) is 0 Å². The number of nitrogens with two attached hydrogens (primary N) is 1. The predicted octanol–water partition coefficient (Wildman–Crippen LogP) is 4.22. The predicted molar refractivity (Wildman–Crippen MR) is 116 cm³/mol. The Morgan fingerprint density at radius 3 is 2.87 bits per heavy atom. The van der Waals surface area contributed by atoms with Gasteiger partial charge in [0.05, 0.1) is 23.3 Å². The maximum Gasteiger partial charge on any atom is 0.166 e. The van der Waals surface area contributed by atoms with Crippen molar-refractivity contribution in [3.05, 3.63) is 71.1 Å². The van der Waals surface area contributed by atoms with E-state index in [2.05, 4.69) is 10.1 Å². The third-order valence-corrected chi connectivity index (χ3v) is 5.61. The molecule has 0 aliphatic carbocycles. The Labute approximate surface area is 179 Å². The zero-order valence-electron chi connectivity index (χ0n) is 17.6. The molecule has 5 rings (SSSR count). The fourth-order valence-electron chi connectivity index (χ4n) is 4.19. The number of aromatic nitrogens is 5. The highest BCUT2D eigenvalue weighted by molar-refractivity contribution is 5.68. The van der Waals surface area contributed by atoms with Gasteiger partial charge in [0, 0.05) is 41.5 Å². The number of benzene rings is 1. The van der Waals surface area contributed by atoms with Gasteiger partial charge in [-0.3, -0.25) is 4.68 Å². The summed E-state index contributed by atoms with van der Waals surface area (Å²) in [6.07, 6.45) is 3.75. The number of nitrogen functional groups attached to an aromatic ring is 1. The Kier molecular flexibility index (Phi) is 4.50. The standard InChI is InChI=1S/C23H23FN6O/c1-4-29-22-15(12-27-29)8-18-7-13(2)28-30(18)20-6-5-17(24)10-19(20)14(3)31-21-9-16(22)11-26-23(21)25/h5-7,9-12,14H,4,8H2,1-3H3,(H2,25,26). The maximum atomic E-state index is 14.2. The van der Waals surface area contributed by atoms with Gasteiger partial charge in [-0.25, -0.2) is 14.1 Å². The smallest absolute Gasteiger partial charge is 0.166 e. The molecular formula is C23H23FN6O. The SMILES string of the molecule is CCn1ncc2c1-c1cnc(N)c(c1)OC(C)c1cc(F)ccc1-n1nc(C)cc1C2. The number of rotatable bonds is 1. The molecule has 0 radical (unpaired) electrons. The Hall–Kier alpha value is -3.68. The van der Waals surface area contributed by atoms with Crippen LogP contribution in [-0.4, -0.2) is 24.5 Å². The van der Waals surface area contributed by atoms with E-state index in [1.165, 1.54) is 12.1 Å². The first-order chi connectivity index (χ1) is 14.9. The lowest BCUT2D eigenvalue weighted by Gasteiger charge is -2.22. The van der Waals surface area contributed by atoms with Gasteiger partial charge in [-0.15, -0.1) is 0 Å². The van der Waals surface area contributed by atoms with Crippen molar-refractivity contribution < 1.29 is 9.13 Å². The third kappa shape index (κ3) is 3.24. The highest BCUT2D eigenvalue weighted by Crippen LogP contribution is 2.35. The summed E-state index contributed by atoms with van der Waals surface area (Å²) in [6, 6.07) is 8.59. The first-order valence-corrected chi connectivity index (χ1v) is 10.3. The Morgan fingerprint density at radius 2 is 2.06 bits per heavy atom. The zero-order chi connectivity index (χ0) is 21.7. The quantitative estimate of drug-likeness (QED) is 0.500. The van der Waals surface area contributed by atoms with Crippen LogP contribution in [0.15, 0.2) is 42.7 Å². The molecule has 1 atom stereocenters. The van der Waals surface area contributed by atoms with Gasteiger partial charge < -0.3 is 10.5 Å². The topological polar surface area (TPSA) is 83.8 Å². The molecule has 158 valence electrons. The summed E-state index contributed by atoms with van der Waals surface area (Å²) in [6.45, 7) is 6.58. The maximum absolute atomic E-state index is 14.2. The highest BCUT2D eigenvalue weighted by Gasteiger charge is 2.23. The number of pyridine rings is 1. The highest BCUT2D eigenvalue weighted by atomic mass is 19.1. The lowest BCUT2D eigenvalue weighted by molar-refractivity contribution is 0.226. The van der Waals surface area contributed by atoms with Crippen molar-refractivity contribution >= 4 is 5.82 Å². The zero-order valence-corrected chi connectivity index (χ0v) is 17.6. The van der Waals surface area contributed by atoms with Gasteiger partial charge in [0.2, 0.25) is 0 Å². The number of hydrogen-bond acceptors (Lipinski definition) is 5. The summed E-state index contributed by atoms with van der Waals surface area (Å²) in [5, 5.41) is 9.28. The normalized spacial score (nSPS) is 15.2. The Balaban J connectivity index is 1.81. The van der Waals surface area contributed by atoms with Gasteiger partial charge in [-0.1, -0.05) is 0 Å². The van der Waals surface area contributed by atoms with Gasteiger partial charge in [0.1, 0.15) is 11.9 Å². The van der Waals surface area contributed by atoms with Crippen molar-refractivity contribution in [2.24, 2.45) is 0 Å². The van der Waals surface area contributed by atoms with E-state index in [1.807, 2.05) is 48.5 Å². The second-order valence-electron chi connectivity index (χ2n) is 7.77. The van der Waals surface area contributed by atoms with Gasteiger partial charge in [-0.05, 0) is 51.1 Å². The second-order valence-corrected chi connectivity index (χ2v) is 7.77. The first-order valence-electron chi connectivity index (χ1n) is 10.3. The number of nitrogens with zero attached hydrogens (tertiary/aromatic N) is 5. The summed E-state index contributed by atoms with van der Waals surface area (Å²) in [7, 11) is 0. The van der Waals surface area contributed by atoms with Crippen LogP contribution >= 0.6 is 0 Å². The van der Waals surface area contributed by atoms with Gasteiger partial charge in [0.15, 0.2) is 11.6 Å². The molecule has 2 N–H and O–H groups in total. The molecule has 2 bridgehead atoms. The average Bonchev–Trinajstić information content (AvgIpc) is 3.32. The minimum absolute atomic E-state index is 0.283. The number of hydrogen-bond donors (Lipinski definition) is 1. The van der Waals surface area contributed by atoms with Gasteiger partial charge >= 0.3 is 0 Å². The summed E-state index contributed by atoms with van der Waals surface area (Å²) in [5.41, 5.74) is 12.3. The summed E-state index contributed by atoms with van der Waals surface area (Å²) < 4.78 is 24.2. The van der Waals surface area contributed by atoms with E-state index >= 15 is 0 Å². The van der Waals surface area contributed by atoms with E-state index in [9.17, 15) is 4.39 Å². The van der Waals surface area contributed by atoms with Crippen molar-refractivity contribution in [3.8, 4) is 22.7 Å². The first kappa shape index (κ1) is 19.3. The van der Waals surface area contributed by atoms with Crippen LogP contribution < -0.4 is 10.5 Å². The molecule has 3 aromatic heterocycles. The lowest BCUT2D eigenvalue weighted by atomic mass is 10.0. The summed E-state index contributed by atoms with van der Waals surface area (Å²) in [4.78, 5) is 4.36. The van der Waals surface area contributed by atoms with Crippen molar-refractivity contribution in [2.45, 2.75) is 39.8 Å². The van der Waals surface area contributed by atoms with Crippen LogP contribution in [0.2, 0.25) is 0 Å². The molecule has 4 aromatic rings. The molecule has 1 aliphatic heterocycles. The van der Waals surface area contributed by atoms with E-state index in [-0.39, 0.29) is 11.6 Å². The molecule has 0 saturated heterocycles. The fraction of sp³-hybridized carbons (Fsp3) is 0.261. The molecule has 1 aromatic carbocycles. The largest absolute Gasteiger partial charge is 0.482 e. The van der Waals surface area contributed by atoms with Crippen LogP contribution in [0.25, 0.3) is 16.9 Å². The minimum atomic E-state index is -0.475. The Bertz CT molecular complexity index is 1290. The molecule has 8 heteroatoms. The molecule has 0 amide bonds. The molecule has 0 saturated carbocycles. The summed E-state index contributed by atoms with van der Waals surface area (Å²) >= 11 is 0. The second kappa shape index (κ2) is 7.23. The summed E-state index contributed by atoms with van der Waals surface area (Å²) in [5.74, 6) is 0.399. The van der Waals surface area contributed by atoms with Crippen LogP contribution in [0.3, 0.4) is 0 Å². The van der Waals surface area contributed by atoms with Crippen LogP contribution in [0.4, 0.5) is 10.2 Å². The molecule has 4 heterocycles. The molecule has 1 unspecified atom stereocenters. The molecule has 1 aliphatic rings. The number of halogens is 1. The lowest BCUT2D eigenvalue weighted by Crippen LogP contribution is -2.13. The van der Waals surface area contributed by atoms with E-state index in [0.717, 1.165) is 33.9 Å². The minimum Gasteiger partial charge on any atom is -0.482 e. The molecule has 0 fully saturated rings. The van der Waals surface area contributed by atoms with Gasteiger partial charge in [-0.2, -0.15) is 10.2 Å². The number of ether oxygens (including phenoxy) is 1. The number of fused-ring (bicyclic) bond motifs is 7. The van der Waals surface area contributed by atoms with E-state index in [1.54, 1.807) is 12.3 Å². The number of anilines is 1. The third-order valence-electron chi connectivity index (χ3n) is 5.61. The molecule has 31 heavy (non-hydrogen) atoms. The Morgan fingerprint density at radius 1 is 1.23 bits per heavy atom. The monoisotopic (exact) mass is 418 g/mol.